The van der Waals surface area contributed by atoms with E-state index in [9.17, 15) is 30.5 Å². The Morgan fingerprint density at radius 1 is 0.821 bits per heavy atom. The predicted molar refractivity (Wildman–Crippen MR) is 103 cm³/mol. The summed E-state index contributed by atoms with van der Waals surface area (Å²) in [6.45, 7) is 0.0425. The smallest absolute Gasteiger partial charge is 0.259 e. The SMILES string of the molecule is N#Cc1ccccc1Cn1c(=O)c2cc(O)c(O)cc2c2cc(O)c(O)cc21. The van der Waals surface area contributed by atoms with E-state index in [4.69, 9.17) is 0 Å². The van der Waals surface area contributed by atoms with E-state index in [1.807, 2.05) is 0 Å². The Morgan fingerprint density at radius 3 is 2.07 bits per heavy atom. The van der Waals surface area contributed by atoms with Crippen LogP contribution < -0.4 is 5.56 Å². The van der Waals surface area contributed by atoms with Gasteiger partial charge in [0.15, 0.2) is 23.0 Å². The number of phenols is 4. The van der Waals surface area contributed by atoms with E-state index in [-0.39, 0.29) is 17.7 Å². The van der Waals surface area contributed by atoms with Crippen molar-refractivity contribution in [2.45, 2.75) is 6.54 Å². The highest BCUT2D eigenvalue weighted by Gasteiger charge is 2.17. The van der Waals surface area contributed by atoms with Crippen LogP contribution >= 0.6 is 0 Å². The molecule has 0 radical (unpaired) electrons. The van der Waals surface area contributed by atoms with Gasteiger partial charge >= 0.3 is 0 Å². The van der Waals surface area contributed by atoms with Crippen LogP contribution in [0.5, 0.6) is 23.0 Å². The van der Waals surface area contributed by atoms with Crippen LogP contribution in [0.3, 0.4) is 0 Å². The maximum Gasteiger partial charge on any atom is 0.259 e. The number of rotatable bonds is 2. The Hall–Kier alpha value is -4.18. The molecule has 0 aliphatic rings. The van der Waals surface area contributed by atoms with Gasteiger partial charge in [0.1, 0.15) is 0 Å². The molecule has 0 bridgehead atoms. The lowest BCUT2D eigenvalue weighted by atomic mass is 10.0. The van der Waals surface area contributed by atoms with Gasteiger partial charge in [-0.1, -0.05) is 18.2 Å². The minimum atomic E-state index is -0.476. The molecule has 0 unspecified atom stereocenters. The monoisotopic (exact) mass is 374 g/mol. The number of fused-ring (bicyclic) bond motifs is 3. The van der Waals surface area contributed by atoms with Crippen molar-refractivity contribution in [1.29, 1.82) is 5.26 Å². The second kappa shape index (κ2) is 6.21. The molecule has 4 rings (SSSR count). The van der Waals surface area contributed by atoms with Gasteiger partial charge in [-0.25, -0.2) is 0 Å². The van der Waals surface area contributed by atoms with E-state index >= 15 is 0 Å². The summed E-state index contributed by atoms with van der Waals surface area (Å²) in [6, 6.07) is 13.8. The van der Waals surface area contributed by atoms with Gasteiger partial charge in [0.2, 0.25) is 0 Å². The number of aromatic hydroxyl groups is 4. The number of phenolic OH excluding ortho intramolecular Hbond substituents is 4. The molecular formula is C21H14N2O5. The van der Waals surface area contributed by atoms with Crippen molar-refractivity contribution in [3.8, 4) is 29.1 Å². The molecule has 0 saturated heterocycles. The Labute approximate surface area is 158 Å². The van der Waals surface area contributed by atoms with Crippen LogP contribution in [0.25, 0.3) is 21.7 Å². The predicted octanol–water partition coefficient (Wildman–Crippen LogP) is 2.90. The number of hydrogen-bond acceptors (Lipinski definition) is 6. The minimum absolute atomic E-state index is 0.0425. The number of nitrogens with zero attached hydrogens (tertiary/aromatic N) is 2. The molecule has 0 amide bonds. The summed E-state index contributed by atoms with van der Waals surface area (Å²) in [5.41, 5.74) is 0.837. The summed E-state index contributed by atoms with van der Waals surface area (Å²) in [5, 5.41) is 49.8. The molecule has 4 N–H and O–H groups in total. The van der Waals surface area contributed by atoms with E-state index < -0.39 is 22.8 Å². The van der Waals surface area contributed by atoms with Crippen LogP contribution in [0.15, 0.2) is 53.3 Å². The van der Waals surface area contributed by atoms with Crippen LogP contribution in [-0.2, 0) is 6.54 Å². The normalized spacial score (nSPS) is 11.0. The molecule has 7 nitrogen and oxygen atoms in total. The molecule has 138 valence electrons. The Balaban J connectivity index is 2.14. The number of aromatic nitrogens is 1. The maximum atomic E-state index is 13.1. The minimum Gasteiger partial charge on any atom is -0.504 e. The number of pyridine rings is 1. The molecule has 7 heteroatoms. The summed E-state index contributed by atoms with van der Waals surface area (Å²) in [6.07, 6.45) is 0. The Kier molecular flexibility index (Phi) is 3.83. The van der Waals surface area contributed by atoms with Crippen molar-refractivity contribution in [3.63, 3.8) is 0 Å². The van der Waals surface area contributed by atoms with Gasteiger partial charge in [-0.05, 0) is 29.8 Å². The van der Waals surface area contributed by atoms with Crippen LogP contribution in [-0.4, -0.2) is 25.0 Å². The number of benzene rings is 3. The highest BCUT2D eigenvalue weighted by Crippen LogP contribution is 2.37. The van der Waals surface area contributed by atoms with Crippen molar-refractivity contribution in [2.75, 3.05) is 0 Å². The highest BCUT2D eigenvalue weighted by atomic mass is 16.3. The third-order valence-electron chi connectivity index (χ3n) is 4.73. The lowest BCUT2D eigenvalue weighted by Gasteiger charge is -2.15. The lowest BCUT2D eigenvalue weighted by molar-refractivity contribution is 0.404. The van der Waals surface area contributed by atoms with Gasteiger partial charge in [-0.2, -0.15) is 5.26 Å². The second-order valence-electron chi connectivity index (χ2n) is 6.40. The first-order valence-corrected chi connectivity index (χ1v) is 8.33. The average Bonchev–Trinajstić information content (AvgIpc) is 2.68. The van der Waals surface area contributed by atoms with Gasteiger partial charge in [-0.15, -0.1) is 0 Å². The quantitative estimate of drug-likeness (QED) is 0.316. The molecule has 0 aliphatic carbocycles. The molecule has 28 heavy (non-hydrogen) atoms. The van der Waals surface area contributed by atoms with Crippen molar-refractivity contribution < 1.29 is 20.4 Å². The van der Waals surface area contributed by atoms with E-state index in [2.05, 4.69) is 6.07 Å². The first-order valence-electron chi connectivity index (χ1n) is 8.33. The topological polar surface area (TPSA) is 127 Å². The third kappa shape index (κ3) is 2.56. The highest BCUT2D eigenvalue weighted by molar-refractivity contribution is 6.07. The number of nitriles is 1. The van der Waals surface area contributed by atoms with Crippen molar-refractivity contribution in [3.05, 3.63) is 70.0 Å². The molecule has 0 fully saturated rings. The largest absolute Gasteiger partial charge is 0.504 e. The summed E-state index contributed by atoms with van der Waals surface area (Å²) >= 11 is 0. The Bertz CT molecular complexity index is 1370. The molecular weight excluding hydrogens is 360 g/mol. The second-order valence-corrected chi connectivity index (χ2v) is 6.40. The van der Waals surface area contributed by atoms with Crippen molar-refractivity contribution in [1.82, 2.24) is 4.57 Å². The van der Waals surface area contributed by atoms with E-state index in [0.717, 1.165) is 6.07 Å². The van der Waals surface area contributed by atoms with Crippen molar-refractivity contribution >= 4 is 21.7 Å². The molecule has 0 spiro atoms. The van der Waals surface area contributed by atoms with Gasteiger partial charge in [0, 0.05) is 16.8 Å². The van der Waals surface area contributed by atoms with Gasteiger partial charge in [0.05, 0.1) is 29.1 Å². The average molecular weight is 374 g/mol. The van der Waals surface area contributed by atoms with E-state index in [0.29, 0.717) is 27.4 Å². The van der Waals surface area contributed by atoms with E-state index in [1.165, 1.54) is 22.8 Å². The molecule has 1 heterocycles. The zero-order valence-corrected chi connectivity index (χ0v) is 14.4. The van der Waals surface area contributed by atoms with Gasteiger partial charge < -0.3 is 25.0 Å². The van der Waals surface area contributed by atoms with E-state index in [1.54, 1.807) is 24.3 Å². The fourth-order valence-electron chi connectivity index (χ4n) is 3.33. The van der Waals surface area contributed by atoms with Crippen LogP contribution in [0.2, 0.25) is 0 Å². The van der Waals surface area contributed by atoms with Crippen LogP contribution in [0, 0.1) is 11.3 Å². The molecule has 3 aromatic carbocycles. The maximum absolute atomic E-state index is 13.1. The first-order chi connectivity index (χ1) is 13.4. The summed E-state index contributed by atoms with van der Waals surface area (Å²) in [7, 11) is 0. The zero-order valence-electron chi connectivity index (χ0n) is 14.4. The third-order valence-corrected chi connectivity index (χ3v) is 4.73. The summed E-state index contributed by atoms with van der Waals surface area (Å²) < 4.78 is 1.35. The standard InChI is InChI=1S/C21H14N2O5/c22-9-11-3-1-2-4-12(11)10-23-16-8-20(27)18(25)6-14(16)13-5-17(24)19(26)7-15(13)21(23)28/h1-8,24-27H,10H2. The zero-order chi connectivity index (χ0) is 20.0. The number of hydrogen-bond donors (Lipinski definition) is 4. The molecule has 1 aromatic heterocycles. The summed E-state index contributed by atoms with van der Waals surface area (Å²) in [4.78, 5) is 13.1. The van der Waals surface area contributed by atoms with Gasteiger partial charge in [-0.3, -0.25) is 4.79 Å². The first kappa shape index (κ1) is 17.2. The molecule has 0 saturated carbocycles. The van der Waals surface area contributed by atoms with Gasteiger partial charge in [0.25, 0.3) is 5.56 Å². The molecule has 4 aromatic rings. The fraction of sp³-hybridized carbons (Fsp3) is 0.0476. The van der Waals surface area contributed by atoms with Crippen LogP contribution in [0.1, 0.15) is 11.1 Å². The molecule has 0 atom stereocenters. The van der Waals surface area contributed by atoms with Crippen molar-refractivity contribution in [2.24, 2.45) is 0 Å². The Morgan fingerprint density at radius 2 is 1.39 bits per heavy atom. The summed E-state index contributed by atoms with van der Waals surface area (Å²) in [5.74, 6) is -1.65. The van der Waals surface area contributed by atoms with Crippen LogP contribution in [0.4, 0.5) is 0 Å². The fourth-order valence-corrected chi connectivity index (χ4v) is 3.33. The lowest BCUT2D eigenvalue weighted by Crippen LogP contribution is -2.22. The molecule has 0 aliphatic heterocycles.